The Morgan fingerprint density at radius 2 is 1.81 bits per heavy atom. The number of hydrogen-bond donors (Lipinski definition) is 1. The first-order valence-corrected chi connectivity index (χ1v) is 12.1. The molecule has 170 valence electrons. The van der Waals surface area contributed by atoms with Crippen molar-refractivity contribution in [3.05, 3.63) is 56.0 Å². The van der Waals surface area contributed by atoms with Crippen molar-refractivity contribution in [1.82, 2.24) is 10.2 Å². The Bertz CT molecular complexity index is 828. The number of morpholine rings is 1. The summed E-state index contributed by atoms with van der Waals surface area (Å²) in [5.41, 5.74) is 1.88. The Hall–Kier alpha value is -1.02. The lowest BCUT2D eigenvalue weighted by molar-refractivity contribution is 0.0374. The van der Waals surface area contributed by atoms with Gasteiger partial charge in [0.1, 0.15) is 6.61 Å². The Labute approximate surface area is 203 Å². The maximum absolute atomic E-state index is 6.26. The fourth-order valence-electron chi connectivity index (χ4n) is 3.39. The zero-order valence-electron chi connectivity index (χ0n) is 17.8. The molecule has 1 fully saturated rings. The van der Waals surface area contributed by atoms with E-state index >= 15 is 0 Å². The first-order valence-electron chi connectivity index (χ1n) is 10.6. The number of nitrogens with one attached hydrogen (secondary N) is 1. The van der Waals surface area contributed by atoms with E-state index in [9.17, 15) is 0 Å². The molecule has 0 aromatic heterocycles. The van der Waals surface area contributed by atoms with Crippen molar-refractivity contribution in [2.45, 2.75) is 26.5 Å². The molecular weight excluding hydrogens is 503 g/mol. The second-order valence-corrected chi connectivity index (χ2v) is 8.97. The fraction of sp³-hybridized carbons (Fsp3) is 0.478. The zero-order valence-corrected chi connectivity index (χ0v) is 20.9. The lowest BCUT2D eigenvalue weighted by Crippen LogP contribution is -2.37. The van der Waals surface area contributed by atoms with E-state index in [1.54, 1.807) is 12.1 Å². The van der Waals surface area contributed by atoms with Gasteiger partial charge in [0.2, 0.25) is 0 Å². The van der Waals surface area contributed by atoms with Crippen molar-refractivity contribution in [2.75, 3.05) is 46.0 Å². The molecule has 0 bridgehead atoms. The molecule has 0 radical (unpaired) electrons. The Kier molecular flexibility index (Phi) is 10.2. The van der Waals surface area contributed by atoms with E-state index in [-0.39, 0.29) is 6.61 Å². The molecule has 0 amide bonds. The van der Waals surface area contributed by atoms with Crippen LogP contribution in [-0.4, -0.2) is 50.9 Å². The van der Waals surface area contributed by atoms with Gasteiger partial charge in [-0.1, -0.05) is 45.2 Å². The Balaban J connectivity index is 1.56. The SMILES string of the molecule is CCOc1cc(CNCCCN2CCOCC2)c(Br)cc1OCc1c(Cl)cccc1Cl. The lowest BCUT2D eigenvalue weighted by Gasteiger charge is -2.26. The minimum Gasteiger partial charge on any atom is -0.490 e. The molecule has 1 saturated heterocycles. The highest BCUT2D eigenvalue weighted by Crippen LogP contribution is 2.35. The summed E-state index contributed by atoms with van der Waals surface area (Å²) in [6.07, 6.45) is 1.11. The topological polar surface area (TPSA) is 43.0 Å². The van der Waals surface area contributed by atoms with E-state index in [1.165, 1.54) is 0 Å². The van der Waals surface area contributed by atoms with E-state index < -0.39 is 0 Å². The molecule has 0 unspecified atom stereocenters. The Morgan fingerprint density at radius 1 is 1.10 bits per heavy atom. The molecule has 1 heterocycles. The van der Waals surface area contributed by atoms with Crippen LogP contribution in [0.5, 0.6) is 11.5 Å². The number of hydrogen-bond acceptors (Lipinski definition) is 5. The molecule has 1 aliphatic heterocycles. The van der Waals surface area contributed by atoms with Gasteiger partial charge in [-0.2, -0.15) is 0 Å². The van der Waals surface area contributed by atoms with Crippen molar-refractivity contribution in [1.29, 1.82) is 0 Å². The summed E-state index contributed by atoms with van der Waals surface area (Å²) in [5, 5.41) is 4.70. The first-order chi connectivity index (χ1) is 15.1. The van der Waals surface area contributed by atoms with Crippen LogP contribution in [0, 0.1) is 0 Å². The van der Waals surface area contributed by atoms with Crippen LogP contribution in [0.4, 0.5) is 0 Å². The fourth-order valence-corrected chi connectivity index (χ4v) is 4.36. The number of nitrogens with zero attached hydrogens (tertiary/aromatic N) is 1. The van der Waals surface area contributed by atoms with E-state index in [2.05, 4.69) is 26.1 Å². The molecule has 8 heteroatoms. The summed E-state index contributed by atoms with van der Waals surface area (Å²) in [5.74, 6) is 1.36. The van der Waals surface area contributed by atoms with Crippen LogP contribution in [-0.2, 0) is 17.9 Å². The molecule has 2 aromatic carbocycles. The number of rotatable bonds is 11. The highest BCUT2D eigenvalue weighted by Gasteiger charge is 2.14. The van der Waals surface area contributed by atoms with Gasteiger partial charge in [0.05, 0.1) is 19.8 Å². The number of ether oxygens (including phenoxy) is 3. The first kappa shape index (κ1) is 24.6. The van der Waals surface area contributed by atoms with E-state index in [0.29, 0.717) is 28.2 Å². The molecule has 1 aliphatic rings. The molecule has 0 spiro atoms. The number of halogens is 3. The summed E-state index contributed by atoms with van der Waals surface area (Å²) < 4.78 is 18.2. The highest BCUT2D eigenvalue weighted by molar-refractivity contribution is 9.10. The van der Waals surface area contributed by atoms with Crippen LogP contribution in [0.15, 0.2) is 34.8 Å². The lowest BCUT2D eigenvalue weighted by atomic mass is 10.2. The smallest absolute Gasteiger partial charge is 0.162 e. The average molecular weight is 532 g/mol. The van der Waals surface area contributed by atoms with Crippen LogP contribution in [0.2, 0.25) is 10.0 Å². The molecule has 2 aromatic rings. The van der Waals surface area contributed by atoms with Gasteiger partial charge >= 0.3 is 0 Å². The van der Waals surface area contributed by atoms with Crippen LogP contribution in [0.1, 0.15) is 24.5 Å². The highest BCUT2D eigenvalue weighted by atomic mass is 79.9. The van der Waals surface area contributed by atoms with Crippen LogP contribution in [0.3, 0.4) is 0 Å². The third kappa shape index (κ3) is 7.52. The summed E-state index contributed by atoms with van der Waals surface area (Å²) >= 11 is 16.2. The zero-order chi connectivity index (χ0) is 22.1. The standard InChI is InChI=1S/C23H29BrCl2N2O3/c1-2-30-22-13-17(15-27-7-4-8-28-9-11-29-12-10-28)19(24)14-23(22)31-16-18-20(25)5-3-6-21(18)26/h3,5-6,13-14,27H,2,4,7-12,15-16H2,1H3. The Morgan fingerprint density at radius 3 is 2.52 bits per heavy atom. The van der Waals surface area contributed by atoms with E-state index in [4.69, 9.17) is 37.4 Å². The predicted octanol–water partition coefficient (Wildman–Crippen LogP) is 5.55. The molecule has 3 rings (SSSR count). The minimum absolute atomic E-state index is 0.268. The summed E-state index contributed by atoms with van der Waals surface area (Å²) in [7, 11) is 0. The molecule has 5 nitrogen and oxygen atoms in total. The second kappa shape index (κ2) is 12.9. The van der Waals surface area contributed by atoms with Crippen LogP contribution in [0.25, 0.3) is 0 Å². The van der Waals surface area contributed by atoms with E-state index in [1.807, 2.05) is 25.1 Å². The summed E-state index contributed by atoms with van der Waals surface area (Å²) in [6.45, 7) is 9.34. The van der Waals surface area contributed by atoms with Crippen molar-refractivity contribution in [3.63, 3.8) is 0 Å². The molecular formula is C23H29BrCl2N2O3. The maximum atomic E-state index is 6.26. The van der Waals surface area contributed by atoms with Gasteiger partial charge in [0, 0.05) is 39.7 Å². The van der Waals surface area contributed by atoms with Gasteiger partial charge in [-0.05, 0) is 56.3 Å². The molecule has 0 saturated carbocycles. The number of benzene rings is 2. The van der Waals surface area contributed by atoms with E-state index in [0.717, 1.165) is 68.0 Å². The second-order valence-electron chi connectivity index (χ2n) is 7.30. The van der Waals surface area contributed by atoms with Crippen LogP contribution >= 0.6 is 39.1 Å². The van der Waals surface area contributed by atoms with Gasteiger partial charge in [-0.3, -0.25) is 4.90 Å². The van der Waals surface area contributed by atoms with Crippen molar-refractivity contribution >= 4 is 39.1 Å². The molecule has 0 aliphatic carbocycles. The van der Waals surface area contributed by atoms with Crippen molar-refractivity contribution < 1.29 is 14.2 Å². The van der Waals surface area contributed by atoms with Gasteiger partial charge in [-0.15, -0.1) is 0 Å². The molecule has 0 atom stereocenters. The van der Waals surface area contributed by atoms with Gasteiger partial charge in [-0.25, -0.2) is 0 Å². The van der Waals surface area contributed by atoms with Crippen molar-refractivity contribution in [3.8, 4) is 11.5 Å². The largest absolute Gasteiger partial charge is 0.490 e. The molecule has 1 N–H and O–H groups in total. The van der Waals surface area contributed by atoms with Gasteiger partial charge in [0.15, 0.2) is 11.5 Å². The maximum Gasteiger partial charge on any atom is 0.162 e. The minimum atomic E-state index is 0.268. The molecule has 31 heavy (non-hydrogen) atoms. The third-order valence-corrected chi connectivity index (χ3v) is 6.54. The third-order valence-electron chi connectivity index (χ3n) is 5.09. The monoisotopic (exact) mass is 530 g/mol. The van der Waals surface area contributed by atoms with Crippen LogP contribution < -0.4 is 14.8 Å². The van der Waals surface area contributed by atoms with Gasteiger partial charge < -0.3 is 19.5 Å². The van der Waals surface area contributed by atoms with Gasteiger partial charge in [0.25, 0.3) is 0 Å². The average Bonchev–Trinajstić information content (AvgIpc) is 2.76. The quantitative estimate of drug-likeness (QED) is 0.385. The predicted molar refractivity (Wildman–Crippen MR) is 130 cm³/mol. The summed E-state index contributed by atoms with van der Waals surface area (Å²) in [6, 6.07) is 9.39. The summed E-state index contributed by atoms with van der Waals surface area (Å²) in [4.78, 5) is 2.45. The normalized spacial score (nSPS) is 14.6. The van der Waals surface area contributed by atoms with Crippen molar-refractivity contribution in [2.24, 2.45) is 0 Å².